The molecular formula is C44H89N2O6P. The molecule has 0 aromatic rings. The second-order valence-corrected chi connectivity index (χ2v) is 18.2. The zero-order valence-corrected chi connectivity index (χ0v) is 36.6. The van der Waals surface area contributed by atoms with Crippen molar-refractivity contribution in [2.24, 2.45) is 0 Å². The molecule has 0 spiro atoms. The van der Waals surface area contributed by atoms with Crippen LogP contribution in [0.3, 0.4) is 0 Å². The number of allylic oxidation sites excluding steroid dienone is 2. The zero-order valence-electron chi connectivity index (χ0n) is 35.7. The van der Waals surface area contributed by atoms with Crippen molar-refractivity contribution in [1.82, 2.24) is 5.32 Å². The second-order valence-electron chi connectivity index (χ2n) is 16.8. The maximum atomic E-state index is 12.8. The average molecular weight is 773 g/mol. The van der Waals surface area contributed by atoms with Crippen molar-refractivity contribution in [1.29, 1.82) is 0 Å². The Bertz CT molecular complexity index is 880. The maximum absolute atomic E-state index is 12.8. The summed E-state index contributed by atoms with van der Waals surface area (Å²) in [5, 5.41) is 13.8. The topological polar surface area (TPSA) is 108 Å². The minimum Gasteiger partial charge on any atom is -0.756 e. The van der Waals surface area contributed by atoms with Gasteiger partial charge >= 0.3 is 0 Å². The van der Waals surface area contributed by atoms with E-state index in [2.05, 4.69) is 31.3 Å². The highest BCUT2D eigenvalue weighted by molar-refractivity contribution is 7.45. The lowest BCUT2D eigenvalue weighted by molar-refractivity contribution is -0.870. The van der Waals surface area contributed by atoms with Crippen LogP contribution in [0.5, 0.6) is 0 Å². The molecule has 0 saturated heterocycles. The van der Waals surface area contributed by atoms with Gasteiger partial charge in [0.05, 0.1) is 39.9 Å². The summed E-state index contributed by atoms with van der Waals surface area (Å²) in [7, 11) is 1.31. The molecule has 0 bridgehead atoms. The molecule has 316 valence electrons. The molecule has 0 fully saturated rings. The molecule has 8 nitrogen and oxygen atoms in total. The number of nitrogens with zero attached hydrogens (tertiary/aromatic N) is 1. The van der Waals surface area contributed by atoms with E-state index in [9.17, 15) is 19.4 Å². The molecule has 0 saturated carbocycles. The number of phosphoric acid groups is 1. The van der Waals surface area contributed by atoms with Crippen molar-refractivity contribution < 1.29 is 32.9 Å². The van der Waals surface area contributed by atoms with Gasteiger partial charge in [-0.25, -0.2) is 0 Å². The van der Waals surface area contributed by atoms with E-state index in [-0.39, 0.29) is 19.1 Å². The summed E-state index contributed by atoms with van der Waals surface area (Å²) in [4.78, 5) is 25.2. The number of amides is 1. The first-order valence-corrected chi connectivity index (χ1v) is 24.0. The third kappa shape index (κ3) is 39.3. The number of carbonyl (C=O) groups is 1. The number of rotatable bonds is 41. The van der Waals surface area contributed by atoms with E-state index in [1.807, 2.05) is 21.1 Å². The number of phosphoric ester groups is 1. The Balaban J connectivity index is 4.12. The second kappa shape index (κ2) is 36.9. The van der Waals surface area contributed by atoms with Crippen LogP contribution in [0.4, 0.5) is 0 Å². The van der Waals surface area contributed by atoms with Gasteiger partial charge in [0.15, 0.2) is 0 Å². The molecule has 0 aromatic carbocycles. The molecule has 0 heterocycles. The first-order chi connectivity index (χ1) is 25.5. The monoisotopic (exact) mass is 773 g/mol. The predicted octanol–water partition coefficient (Wildman–Crippen LogP) is 11.7. The van der Waals surface area contributed by atoms with Crippen LogP contribution in [0, 0.1) is 0 Å². The number of aliphatic hydroxyl groups excluding tert-OH is 1. The Morgan fingerprint density at radius 2 is 1.04 bits per heavy atom. The molecule has 1 amide bonds. The van der Waals surface area contributed by atoms with E-state index < -0.39 is 20.0 Å². The summed E-state index contributed by atoms with van der Waals surface area (Å²) >= 11 is 0. The Hall–Kier alpha value is -0.760. The van der Waals surface area contributed by atoms with Gasteiger partial charge in [0.1, 0.15) is 13.2 Å². The molecule has 3 atom stereocenters. The Labute approximate surface area is 329 Å². The SMILES string of the molecule is CCCCCCCCCC/C=C\CCCCCCCCCCCCCC(=O)NC(COP(=O)([O-])OCC[N+](C)(C)C)C(O)CCCCCCCCCC. The minimum absolute atomic E-state index is 0.0135. The van der Waals surface area contributed by atoms with Crippen LogP contribution in [0.1, 0.15) is 213 Å². The number of unbranched alkanes of at least 4 members (excludes halogenated alkanes) is 26. The summed E-state index contributed by atoms with van der Waals surface area (Å²) < 4.78 is 23.2. The van der Waals surface area contributed by atoms with Crippen LogP contribution < -0.4 is 10.2 Å². The first kappa shape index (κ1) is 52.2. The van der Waals surface area contributed by atoms with Crippen molar-refractivity contribution in [3.05, 3.63) is 12.2 Å². The van der Waals surface area contributed by atoms with E-state index >= 15 is 0 Å². The largest absolute Gasteiger partial charge is 0.756 e. The fourth-order valence-electron chi connectivity index (χ4n) is 6.62. The van der Waals surface area contributed by atoms with E-state index in [0.29, 0.717) is 23.9 Å². The number of hydrogen-bond donors (Lipinski definition) is 2. The molecule has 0 aliphatic heterocycles. The van der Waals surface area contributed by atoms with Crippen molar-refractivity contribution >= 4 is 13.7 Å². The normalized spacial score (nSPS) is 14.5. The molecule has 0 aromatic heterocycles. The van der Waals surface area contributed by atoms with Crippen LogP contribution in [0.15, 0.2) is 12.2 Å². The van der Waals surface area contributed by atoms with E-state index in [1.165, 1.54) is 148 Å². The van der Waals surface area contributed by atoms with E-state index in [0.717, 1.165) is 38.5 Å². The lowest BCUT2D eigenvalue weighted by atomic mass is 10.0. The molecule has 0 radical (unpaired) electrons. The van der Waals surface area contributed by atoms with Gasteiger partial charge in [0, 0.05) is 6.42 Å². The number of aliphatic hydroxyl groups is 1. The van der Waals surface area contributed by atoms with Crippen molar-refractivity contribution in [2.75, 3.05) is 40.9 Å². The zero-order chi connectivity index (χ0) is 39.3. The minimum atomic E-state index is -4.55. The maximum Gasteiger partial charge on any atom is 0.268 e. The van der Waals surface area contributed by atoms with E-state index in [1.54, 1.807) is 0 Å². The highest BCUT2D eigenvalue weighted by Crippen LogP contribution is 2.38. The third-order valence-corrected chi connectivity index (χ3v) is 11.2. The summed E-state index contributed by atoms with van der Waals surface area (Å²) in [6, 6.07) is -0.794. The van der Waals surface area contributed by atoms with Crippen LogP contribution >= 0.6 is 7.82 Å². The van der Waals surface area contributed by atoms with Crippen LogP contribution in [0.25, 0.3) is 0 Å². The predicted molar refractivity (Wildman–Crippen MR) is 224 cm³/mol. The lowest BCUT2D eigenvalue weighted by Crippen LogP contribution is -2.46. The Morgan fingerprint density at radius 1 is 0.642 bits per heavy atom. The van der Waals surface area contributed by atoms with Gasteiger partial charge in [-0.05, 0) is 38.5 Å². The van der Waals surface area contributed by atoms with Gasteiger partial charge in [-0.2, -0.15) is 0 Å². The molecule has 2 N–H and O–H groups in total. The van der Waals surface area contributed by atoms with E-state index in [4.69, 9.17) is 9.05 Å². The Morgan fingerprint density at radius 3 is 1.47 bits per heavy atom. The molecule has 0 aliphatic carbocycles. The number of likely N-dealkylation sites (N-methyl/N-ethyl adjacent to an activating group) is 1. The number of nitrogens with one attached hydrogen (secondary N) is 1. The van der Waals surface area contributed by atoms with Crippen molar-refractivity contribution in [2.45, 2.75) is 225 Å². The third-order valence-electron chi connectivity index (χ3n) is 10.3. The Kier molecular flexibility index (Phi) is 36.3. The lowest BCUT2D eigenvalue weighted by Gasteiger charge is -2.30. The number of hydrogen-bond acceptors (Lipinski definition) is 6. The standard InChI is InChI=1S/C44H89N2O6P/c1-6-8-10-12-14-16-17-18-19-20-21-22-23-24-25-26-27-28-29-30-32-34-36-38-44(48)45-42(41-52-53(49,50)51-40-39-46(3,4)5)43(47)37-35-33-31-15-13-11-9-7-2/h20-21,42-43,47H,6-19,22-41H2,1-5H3,(H-,45,48,49,50)/b21-20-. The molecule has 0 aliphatic rings. The fourth-order valence-corrected chi connectivity index (χ4v) is 7.35. The molecular weight excluding hydrogens is 683 g/mol. The van der Waals surface area contributed by atoms with Crippen molar-refractivity contribution in [3.63, 3.8) is 0 Å². The van der Waals surface area contributed by atoms with Gasteiger partial charge in [0.2, 0.25) is 5.91 Å². The van der Waals surface area contributed by atoms with Crippen molar-refractivity contribution in [3.8, 4) is 0 Å². The molecule has 0 rings (SSSR count). The van der Waals surface area contributed by atoms with Gasteiger partial charge in [-0.15, -0.1) is 0 Å². The quantitative estimate of drug-likeness (QED) is 0.0277. The van der Waals surface area contributed by atoms with Gasteiger partial charge in [-0.3, -0.25) is 9.36 Å². The highest BCUT2D eigenvalue weighted by Gasteiger charge is 2.24. The summed E-state index contributed by atoms with van der Waals surface area (Å²) in [6.45, 7) is 4.69. The molecule has 9 heteroatoms. The van der Waals surface area contributed by atoms with Gasteiger partial charge < -0.3 is 28.8 Å². The molecule has 53 heavy (non-hydrogen) atoms. The van der Waals surface area contributed by atoms with Gasteiger partial charge in [-0.1, -0.05) is 180 Å². The first-order valence-electron chi connectivity index (χ1n) is 22.5. The van der Waals surface area contributed by atoms with Crippen LogP contribution in [0.2, 0.25) is 0 Å². The highest BCUT2D eigenvalue weighted by atomic mass is 31.2. The number of quaternary nitrogens is 1. The molecule has 3 unspecified atom stereocenters. The summed E-state index contributed by atoms with van der Waals surface area (Å²) in [6.07, 6.45) is 40.9. The summed E-state index contributed by atoms with van der Waals surface area (Å²) in [5.41, 5.74) is 0. The van der Waals surface area contributed by atoms with Gasteiger partial charge in [0.25, 0.3) is 7.82 Å². The smallest absolute Gasteiger partial charge is 0.268 e. The van der Waals surface area contributed by atoms with Crippen LogP contribution in [-0.4, -0.2) is 68.5 Å². The fraction of sp³-hybridized carbons (Fsp3) is 0.932. The summed E-state index contributed by atoms with van der Waals surface area (Å²) in [5.74, 6) is -0.167. The average Bonchev–Trinajstić information content (AvgIpc) is 3.10. The van der Waals surface area contributed by atoms with Crippen LogP contribution in [-0.2, 0) is 18.4 Å². The number of carbonyl (C=O) groups excluding carboxylic acids is 1.